The maximum absolute atomic E-state index is 11.2. The molecule has 15 heavy (non-hydrogen) atoms. The Labute approximate surface area is 89.9 Å². The molecule has 2 atom stereocenters. The number of fused-ring (bicyclic) bond motifs is 1. The van der Waals surface area contributed by atoms with Crippen LogP contribution in [-0.4, -0.2) is 18.5 Å². The van der Waals surface area contributed by atoms with Gasteiger partial charge in [-0.2, -0.15) is 0 Å². The number of carbonyl (C=O) groups is 1. The topological polar surface area (TPSA) is 46.3 Å². The lowest BCUT2D eigenvalue weighted by Gasteiger charge is -2.24. The largest absolute Gasteiger partial charge is 0.368 e. The summed E-state index contributed by atoms with van der Waals surface area (Å²) in [7, 11) is 0. The van der Waals surface area contributed by atoms with E-state index in [0.717, 1.165) is 12.2 Å². The highest BCUT2D eigenvalue weighted by atomic mass is 16.1. The van der Waals surface area contributed by atoms with Crippen LogP contribution in [0.2, 0.25) is 0 Å². The standard InChI is InChI=1S/C12H16N2O/c1-8-7-14(9(2)12(13)15)11-6-4-3-5-10(8)11/h3-6,8-9H,7H2,1-2H3,(H2,13,15). The van der Waals surface area contributed by atoms with Crippen molar-refractivity contribution in [3.05, 3.63) is 29.8 Å². The van der Waals surface area contributed by atoms with Crippen LogP contribution >= 0.6 is 0 Å². The van der Waals surface area contributed by atoms with Crippen molar-refractivity contribution in [1.29, 1.82) is 0 Å². The molecule has 2 unspecified atom stereocenters. The second-order valence-electron chi connectivity index (χ2n) is 4.19. The Morgan fingerprint density at radius 3 is 2.87 bits per heavy atom. The third-order valence-corrected chi connectivity index (χ3v) is 3.13. The number of carbonyl (C=O) groups excluding carboxylic acids is 1. The van der Waals surface area contributed by atoms with Gasteiger partial charge in [0.25, 0.3) is 0 Å². The molecule has 1 aliphatic rings. The zero-order valence-corrected chi connectivity index (χ0v) is 9.10. The van der Waals surface area contributed by atoms with Gasteiger partial charge in [-0.25, -0.2) is 0 Å². The van der Waals surface area contributed by atoms with Crippen LogP contribution in [-0.2, 0) is 4.79 Å². The first-order valence-corrected chi connectivity index (χ1v) is 5.26. The summed E-state index contributed by atoms with van der Waals surface area (Å²) in [4.78, 5) is 13.3. The summed E-state index contributed by atoms with van der Waals surface area (Å²) in [6, 6.07) is 7.98. The van der Waals surface area contributed by atoms with Crippen LogP contribution in [0.4, 0.5) is 5.69 Å². The van der Waals surface area contributed by atoms with Gasteiger partial charge in [0.2, 0.25) is 5.91 Å². The van der Waals surface area contributed by atoms with E-state index in [0.29, 0.717) is 5.92 Å². The SMILES string of the molecule is CC1CN(C(C)C(N)=O)c2ccccc21. The molecule has 0 bridgehead atoms. The smallest absolute Gasteiger partial charge is 0.239 e. The Morgan fingerprint density at radius 2 is 2.20 bits per heavy atom. The average molecular weight is 204 g/mol. The maximum Gasteiger partial charge on any atom is 0.239 e. The molecule has 1 amide bonds. The molecule has 0 aromatic heterocycles. The molecular formula is C12H16N2O. The van der Waals surface area contributed by atoms with Crippen LogP contribution in [0.1, 0.15) is 25.3 Å². The van der Waals surface area contributed by atoms with E-state index in [4.69, 9.17) is 5.73 Å². The number of benzene rings is 1. The summed E-state index contributed by atoms with van der Waals surface area (Å²) in [5.74, 6) is 0.210. The number of primary amides is 1. The van der Waals surface area contributed by atoms with E-state index in [1.807, 2.05) is 19.1 Å². The van der Waals surface area contributed by atoms with Gasteiger partial charge in [0.05, 0.1) is 0 Å². The minimum Gasteiger partial charge on any atom is -0.368 e. The molecular weight excluding hydrogens is 188 g/mol. The van der Waals surface area contributed by atoms with Crippen molar-refractivity contribution in [2.75, 3.05) is 11.4 Å². The van der Waals surface area contributed by atoms with Gasteiger partial charge in [-0.3, -0.25) is 4.79 Å². The molecule has 0 radical (unpaired) electrons. The van der Waals surface area contributed by atoms with E-state index in [-0.39, 0.29) is 11.9 Å². The Morgan fingerprint density at radius 1 is 1.53 bits per heavy atom. The second kappa shape index (κ2) is 3.57. The Hall–Kier alpha value is -1.51. The van der Waals surface area contributed by atoms with E-state index in [9.17, 15) is 4.79 Å². The molecule has 2 rings (SSSR count). The molecule has 3 nitrogen and oxygen atoms in total. The Kier molecular flexibility index (Phi) is 2.39. The molecule has 0 spiro atoms. The Bertz CT molecular complexity index is 389. The van der Waals surface area contributed by atoms with Gasteiger partial charge in [-0.1, -0.05) is 25.1 Å². The number of rotatable bonds is 2. The first-order chi connectivity index (χ1) is 7.11. The van der Waals surface area contributed by atoms with Crippen molar-refractivity contribution in [2.24, 2.45) is 5.73 Å². The van der Waals surface area contributed by atoms with Gasteiger partial charge in [0, 0.05) is 18.2 Å². The molecule has 1 aromatic carbocycles. The maximum atomic E-state index is 11.2. The zero-order valence-electron chi connectivity index (χ0n) is 9.10. The fraction of sp³-hybridized carbons (Fsp3) is 0.417. The van der Waals surface area contributed by atoms with Gasteiger partial charge >= 0.3 is 0 Å². The number of para-hydroxylation sites is 1. The van der Waals surface area contributed by atoms with Crippen molar-refractivity contribution in [2.45, 2.75) is 25.8 Å². The number of nitrogens with two attached hydrogens (primary N) is 1. The monoisotopic (exact) mass is 204 g/mol. The molecule has 2 N–H and O–H groups in total. The predicted octanol–water partition coefficient (Wildman–Crippen LogP) is 1.48. The highest BCUT2D eigenvalue weighted by Gasteiger charge is 2.30. The fourth-order valence-electron chi connectivity index (χ4n) is 2.18. The molecule has 0 aliphatic carbocycles. The van der Waals surface area contributed by atoms with E-state index in [2.05, 4.69) is 24.0 Å². The summed E-state index contributed by atoms with van der Waals surface area (Å²) in [5, 5.41) is 0. The Balaban J connectivity index is 2.36. The minimum atomic E-state index is -0.265. The molecule has 0 fully saturated rings. The van der Waals surface area contributed by atoms with Gasteiger partial charge in [0.15, 0.2) is 0 Å². The van der Waals surface area contributed by atoms with E-state index < -0.39 is 0 Å². The highest BCUT2D eigenvalue weighted by Crippen LogP contribution is 2.36. The molecule has 1 aliphatic heterocycles. The van der Waals surface area contributed by atoms with Crippen LogP contribution < -0.4 is 10.6 Å². The lowest BCUT2D eigenvalue weighted by molar-refractivity contribution is -0.118. The summed E-state index contributed by atoms with van der Waals surface area (Å²) in [5.41, 5.74) is 7.80. The van der Waals surface area contributed by atoms with Crippen molar-refractivity contribution < 1.29 is 4.79 Å². The number of hydrogen-bond acceptors (Lipinski definition) is 2. The molecule has 3 heteroatoms. The molecule has 1 aromatic rings. The van der Waals surface area contributed by atoms with E-state index in [1.165, 1.54) is 5.56 Å². The van der Waals surface area contributed by atoms with Crippen LogP contribution in [0, 0.1) is 0 Å². The normalized spacial score (nSPS) is 21.2. The lowest BCUT2D eigenvalue weighted by Crippen LogP contribution is -2.42. The van der Waals surface area contributed by atoms with Crippen LogP contribution in [0.25, 0.3) is 0 Å². The zero-order chi connectivity index (χ0) is 11.0. The first kappa shape index (κ1) is 10.0. The summed E-state index contributed by atoms with van der Waals surface area (Å²) in [6.45, 7) is 4.91. The van der Waals surface area contributed by atoms with Crippen molar-refractivity contribution in [3.8, 4) is 0 Å². The van der Waals surface area contributed by atoms with E-state index >= 15 is 0 Å². The molecule has 0 saturated heterocycles. The van der Waals surface area contributed by atoms with Gasteiger partial charge in [-0.05, 0) is 18.6 Å². The number of hydrogen-bond donors (Lipinski definition) is 1. The average Bonchev–Trinajstić information content (AvgIpc) is 2.56. The van der Waals surface area contributed by atoms with E-state index in [1.54, 1.807) is 0 Å². The summed E-state index contributed by atoms with van der Waals surface area (Å²) in [6.07, 6.45) is 0. The first-order valence-electron chi connectivity index (χ1n) is 5.26. The number of amides is 1. The minimum absolute atomic E-state index is 0.226. The van der Waals surface area contributed by atoms with Gasteiger partial charge < -0.3 is 10.6 Å². The van der Waals surface area contributed by atoms with Crippen molar-refractivity contribution in [3.63, 3.8) is 0 Å². The highest BCUT2D eigenvalue weighted by molar-refractivity contribution is 5.84. The van der Waals surface area contributed by atoms with Crippen LogP contribution in [0.3, 0.4) is 0 Å². The molecule has 1 heterocycles. The van der Waals surface area contributed by atoms with Gasteiger partial charge in [0.1, 0.15) is 6.04 Å². The van der Waals surface area contributed by atoms with Crippen LogP contribution in [0.15, 0.2) is 24.3 Å². The van der Waals surface area contributed by atoms with Crippen molar-refractivity contribution in [1.82, 2.24) is 0 Å². The summed E-state index contributed by atoms with van der Waals surface area (Å²) < 4.78 is 0. The molecule has 80 valence electrons. The molecule has 0 saturated carbocycles. The lowest BCUT2D eigenvalue weighted by atomic mass is 10.0. The van der Waals surface area contributed by atoms with Crippen LogP contribution in [0.5, 0.6) is 0 Å². The second-order valence-corrected chi connectivity index (χ2v) is 4.19. The summed E-state index contributed by atoms with van der Waals surface area (Å²) >= 11 is 0. The number of anilines is 1. The van der Waals surface area contributed by atoms with Gasteiger partial charge in [-0.15, -0.1) is 0 Å². The third-order valence-electron chi connectivity index (χ3n) is 3.13. The fourth-order valence-corrected chi connectivity index (χ4v) is 2.18. The predicted molar refractivity (Wildman–Crippen MR) is 60.9 cm³/mol. The van der Waals surface area contributed by atoms with Crippen molar-refractivity contribution >= 4 is 11.6 Å². The quantitative estimate of drug-likeness (QED) is 0.793. The third kappa shape index (κ3) is 1.58. The number of nitrogens with zero attached hydrogens (tertiary/aromatic N) is 1.